The molecule has 0 saturated heterocycles. The van der Waals surface area contributed by atoms with Gasteiger partial charge in [-0.25, -0.2) is 4.39 Å². The number of rotatable bonds is 3. The van der Waals surface area contributed by atoms with Crippen LogP contribution in [0.4, 0.5) is 4.39 Å². The number of aryl methyl sites for hydroxylation is 1. The zero-order valence-corrected chi connectivity index (χ0v) is 19.3. The summed E-state index contributed by atoms with van der Waals surface area (Å²) in [7, 11) is -3.51. The fraction of sp³-hybridized carbons (Fsp3) is 0.538. The molecular weight excluding hydrogens is 411 g/mol. The van der Waals surface area contributed by atoms with Gasteiger partial charge < -0.3 is 4.18 Å². The van der Waals surface area contributed by atoms with Crippen molar-refractivity contribution in [2.75, 3.05) is 6.26 Å². The summed E-state index contributed by atoms with van der Waals surface area (Å²) in [5.41, 5.74) is 4.18. The number of fused-ring (bicyclic) bond motifs is 5. The van der Waals surface area contributed by atoms with Gasteiger partial charge in [-0.1, -0.05) is 32.0 Å². The summed E-state index contributed by atoms with van der Waals surface area (Å²) in [6.45, 7) is 4.87. The van der Waals surface area contributed by atoms with Crippen molar-refractivity contribution in [3.8, 4) is 5.75 Å². The van der Waals surface area contributed by atoms with Crippen LogP contribution in [0.15, 0.2) is 42.5 Å². The van der Waals surface area contributed by atoms with Gasteiger partial charge in [0.1, 0.15) is 11.6 Å². The Morgan fingerprint density at radius 3 is 2.45 bits per heavy atom. The third-order valence-corrected chi connectivity index (χ3v) is 9.53. The second kappa shape index (κ2) is 7.06. The summed E-state index contributed by atoms with van der Waals surface area (Å²) < 4.78 is 41.7. The predicted molar refractivity (Wildman–Crippen MR) is 120 cm³/mol. The molecule has 0 bridgehead atoms. The quantitative estimate of drug-likeness (QED) is 0.549. The lowest BCUT2D eigenvalue weighted by atomic mass is 9.50. The first kappa shape index (κ1) is 21.0. The van der Waals surface area contributed by atoms with Crippen molar-refractivity contribution in [2.45, 2.75) is 63.7 Å². The molecule has 2 fully saturated rings. The molecule has 0 aliphatic heterocycles. The average molecular weight is 443 g/mol. The van der Waals surface area contributed by atoms with E-state index in [1.54, 1.807) is 12.1 Å². The number of halogens is 1. The molecule has 2 saturated carbocycles. The summed E-state index contributed by atoms with van der Waals surface area (Å²) in [6, 6.07) is 13.0. The summed E-state index contributed by atoms with van der Waals surface area (Å²) >= 11 is 0. The van der Waals surface area contributed by atoms with Crippen LogP contribution < -0.4 is 4.18 Å². The maximum absolute atomic E-state index is 13.6. The molecule has 3 aliphatic rings. The lowest BCUT2D eigenvalue weighted by Crippen LogP contribution is -2.47. The molecule has 166 valence electrons. The van der Waals surface area contributed by atoms with Gasteiger partial charge in [0, 0.05) is 0 Å². The summed E-state index contributed by atoms with van der Waals surface area (Å²) in [5.74, 6) is 2.09. The first-order valence-corrected chi connectivity index (χ1v) is 13.2. The third kappa shape index (κ3) is 3.31. The molecule has 0 spiro atoms. The van der Waals surface area contributed by atoms with Crippen LogP contribution in [0.1, 0.15) is 68.6 Å². The van der Waals surface area contributed by atoms with Gasteiger partial charge in [-0.05, 0) is 108 Å². The van der Waals surface area contributed by atoms with E-state index in [2.05, 4.69) is 19.9 Å². The first-order chi connectivity index (χ1) is 14.6. The van der Waals surface area contributed by atoms with E-state index in [0.29, 0.717) is 23.5 Å². The summed E-state index contributed by atoms with van der Waals surface area (Å²) in [4.78, 5) is 0. The van der Waals surface area contributed by atoms with E-state index >= 15 is 0 Å². The fourth-order valence-electron chi connectivity index (χ4n) is 7.34. The molecule has 31 heavy (non-hydrogen) atoms. The Morgan fingerprint density at radius 2 is 1.74 bits per heavy atom. The van der Waals surface area contributed by atoms with Gasteiger partial charge in [-0.2, -0.15) is 8.42 Å². The Bertz CT molecular complexity index is 1110. The minimum Gasteiger partial charge on any atom is -0.383 e. The molecule has 0 heterocycles. The normalized spacial score (nSPS) is 34.5. The molecule has 3 nitrogen and oxygen atoms in total. The van der Waals surface area contributed by atoms with E-state index in [1.807, 2.05) is 24.3 Å². The van der Waals surface area contributed by atoms with Gasteiger partial charge in [-0.3, -0.25) is 0 Å². The molecule has 2 aromatic rings. The van der Waals surface area contributed by atoms with Crippen LogP contribution in [0, 0.1) is 23.1 Å². The van der Waals surface area contributed by atoms with Gasteiger partial charge in [-0.15, -0.1) is 0 Å². The molecule has 5 rings (SSSR count). The van der Waals surface area contributed by atoms with Crippen molar-refractivity contribution in [3.63, 3.8) is 0 Å². The number of hydrogen-bond donors (Lipinski definition) is 0. The van der Waals surface area contributed by atoms with E-state index in [1.165, 1.54) is 23.1 Å². The number of hydrogen-bond acceptors (Lipinski definition) is 3. The van der Waals surface area contributed by atoms with Crippen molar-refractivity contribution in [1.82, 2.24) is 0 Å². The molecule has 2 aromatic carbocycles. The van der Waals surface area contributed by atoms with E-state index < -0.39 is 10.1 Å². The Kier molecular flexibility index (Phi) is 4.78. The standard InChI is InChI=1S/C26H31FO3S/c1-25(18-5-7-19(27)8-6-18)15-13-24-23-10-4-17-16-20(30-31(3,28)29)9-11-21(17)22(23)12-14-26(24,25)2/h5-9,11,16,22-24H,4,10,12-15H2,1-3H3/t22-,23-,24+,25-,26+/m1/s1. The minimum absolute atomic E-state index is 0.0732. The molecule has 0 unspecified atom stereocenters. The Hall–Kier alpha value is -1.88. The molecule has 3 aliphatic carbocycles. The lowest BCUT2D eigenvalue weighted by Gasteiger charge is -2.54. The highest BCUT2D eigenvalue weighted by Gasteiger charge is 2.60. The van der Waals surface area contributed by atoms with Gasteiger partial charge in [0.15, 0.2) is 0 Å². The maximum Gasteiger partial charge on any atom is 0.306 e. The van der Waals surface area contributed by atoms with E-state index in [9.17, 15) is 12.8 Å². The van der Waals surface area contributed by atoms with Crippen LogP contribution in [-0.4, -0.2) is 14.7 Å². The van der Waals surface area contributed by atoms with Gasteiger partial charge in [0.2, 0.25) is 0 Å². The van der Waals surface area contributed by atoms with Crippen LogP contribution >= 0.6 is 0 Å². The van der Waals surface area contributed by atoms with Crippen molar-refractivity contribution in [2.24, 2.45) is 17.3 Å². The first-order valence-electron chi connectivity index (χ1n) is 11.4. The van der Waals surface area contributed by atoms with E-state index in [4.69, 9.17) is 4.18 Å². The van der Waals surface area contributed by atoms with Crippen LogP contribution in [0.2, 0.25) is 0 Å². The Labute approximate surface area is 185 Å². The molecule has 0 amide bonds. The SMILES string of the molecule is C[C@]12CC[C@@H]3c4ccc(OS(C)(=O)=O)cc4CC[C@H]3[C@@H]1CC[C@]2(C)c1ccc(F)cc1. The second-order valence-electron chi connectivity index (χ2n) is 10.4. The zero-order chi connectivity index (χ0) is 22.0. The van der Waals surface area contributed by atoms with Gasteiger partial charge in [0.05, 0.1) is 6.26 Å². The third-order valence-electron chi connectivity index (χ3n) is 9.03. The highest BCUT2D eigenvalue weighted by Crippen LogP contribution is 2.67. The van der Waals surface area contributed by atoms with Crippen LogP contribution in [0.3, 0.4) is 0 Å². The van der Waals surface area contributed by atoms with Crippen molar-refractivity contribution >= 4 is 10.1 Å². The lowest BCUT2D eigenvalue weighted by molar-refractivity contribution is 0.0176. The predicted octanol–water partition coefficient (Wildman–Crippen LogP) is 5.98. The van der Waals surface area contributed by atoms with Crippen molar-refractivity contribution < 1.29 is 17.0 Å². The van der Waals surface area contributed by atoms with Crippen molar-refractivity contribution in [1.29, 1.82) is 0 Å². The smallest absolute Gasteiger partial charge is 0.306 e. The molecule has 5 heteroatoms. The molecule has 5 atom stereocenters. The average Bonchev–Trinajstić information content (AvgIpc) is 2.99. The largest absolute Gasteiger partial charge is 0.383 e. The van der Waals surface area contributed by atoms with Crippen LogP contribution in [-0.2, 0) is 22.0 Å². The summed E-state index contributed by atoms with van der Waals surface area (Å²) in [5, 5.41) is 0. The highest BCUT2D eigenvalue weighted by molar-refractivity contribution is 7.86. The van der Waals surface area contributed by atoms with Gasteiger partial charge in [0.25, 0.3) is 0 Å². The van der Waals surface area contributed by atoms with E-state index in [0.717, 1.165) is 38.4 Å². The Balaban J connectivity index is 1.45. The zero-order valence-electron chi connectivity index (χ0n) is 18.5. The topological polar surface area (TPSA) is 43.4 Å². The molecule has 0 N–H and O–H groups in total. The highest BCUT2D eigenvalue weighted by atomic mass is 32.2. The monoisotopic (exact) mass is 442 g/mol. The van der Waals surface area contributed by atoms with Crippen molar-refractivity contribution in [3.05, 3.63) is 65.0 Å². The van der Waals surface area contributed by atoms with E-state index in [-0.39, 0.29) is 16.6 Å². The molecule has 0 radical (unpaired) electrons. The fourth-order valence-corrected chi connectivity index (χ4v) is 7.80. The van der Waals surface area contributed by atoms with Crippen LogP contribution in [0.25, 0.3) is 0 Å². The van der Waals surface area contributed by atoms with Gasteiger partial charge >= 0.3 is 10.1 Å². The maximum atomic E-state index is 13.6. The molecular formula is C26H31FO3S. The summed E-state index contributed by atoms with van der Waals surface area (Å²) in [6.07, 6.45) is 7.87. The Morgan fingerprint density at radius 1 is 1.00 bits per heavy atom. The molecule has 0 aromatic heterocycles. The second-order valence-corrected chi connectivity index (χ2v) is 12.0. The number of benzene rings is 2. The minimum atomic E-state index is -3.51. The van der Waals surface area contributed by atoms with Crippen LogP contribution in [0.5, 0.6) is 5.75 Å².